The van der Waals surface area contributed by atoms with Crippen molar-refractivity contribution in [2.45, 2.75) is 102 Å². The van der Waals surface area contributed by atoms with Crippen LogP contribution in [0, 0.1) is 0 Å². The summed E-state index contributed by atoms with van der Waals surface area (Å²) in [4.78, 5) is 0. The predicted octanol–water partition coefficient (Wildman–Crippen LogP) is 5.95. The first-order valence-corrected chi connectivity index (χ1v) is 11.6. The Balaban J connectivity index is 2.16. The fourth-order valence-electron chi connectivity index (χ4n) is 4.38. The zero-order valence-electron chi connectivity index (χ0n) is 14.4. The van der Waals surface area contributed by atoms with Crippen LogP contribution in [0.15, 0.2) is 0 Å². The Morgan fingerprint density at radius 2 is 1.05 bits per heavy atom. The van der Waals surface area contributed by atoms with Gasteiger partial charge in [-0.3, -0.25) is 0 Å². The van der Waals surface area contributed by atoms with Crippen LogP contribution < -0.4 is 0 Å². The number of hydrogen-bond acceptors (Lipinski definition) is 2. The van der Waals surface area contributed by atoms with Gasteiger partial charge in [-0.1, -0.05) is 52.4 Å². The van der Waals surface area contributed by atoms with Crippen molar-refractivity contribution in [2.24, 2.45) is 0 Å². The Hall–Kier alpha value is 0.137. The molecule has 0 N–H and O–H groups in total. The monoisotopic (exact) mass is 312 g/mol. The maximum atomic E-state index is 6.68. The van der Waals surface area contributed by atoms with Crippen molar-refractivity contribution >= 4 is 8.56 Å². The van der Waals surface area contributed by atoms with Crippen LogP contribution in [0.25, 0.3) is 0 Å². The molecule has 124 valence electrons. The molecule has 0 aromatic carbocycles. The summed E-state index contributed by atoms with van der Waals surface area (Å²) in [6.45, 7) is 6.31. The Kier molecular flexibility index (Phi) is 7.76. The van der Waals surface area contributed by atoms with Crippen LogP contribution in [0.5, 0.6) is 0 Å². The molecule has 2 fully saturated rings. The van der Waals surface area contributed by atoms with Gasteiger partial charge < -0.3 is 8.85 Å². The third kappa shape index (κ3) is 4.55. The summed E-state index contributed by atoms with van der Waals surface area (Å²) < 4.78 is 13.4. The van der Waals surface area contributed by atoms with Crippen LogP contribution in [0.2, 0.25) is 11.1 Å². The van der Waals surface area contributed by atoms with E-state index in [4.69, 9.17) is 8.85 Å². The summed E-state index contributed by atoms with van der Waals surface area (Å²) >= 11 is 0. The second-order valence-corrected chi connectivity index (χ2v) is 10.7. The third-order valence-corrected chi connectivity index (χ3v) is 10.2. The van der Waals surface area contributed by atoms with Gasteiger partial charge in [-0.25, -0.2) is 0 Å². The minimum atomic E-state index is -2.04. The van der Waals surface area contributed by atoms with Gasteiger partial charge in [0.15, 0.2) is 0 Å². The first kappa shape index (κ1) is 17.5. The van der Waals surface area contributed by atoms with Crippen molar-refractivity contribution < 1.29 is 8.85 Å². The lowest BCUT2D eigenvalue weighted by atomic mass is 9.99. The van der Waals surface area contributed by atoms with Crippen LogP contribution in [-0.2, 0) is 8.85 Å². The van der Waals surface area contributed by atoms with E-state index in [1.165, 1.54) is 64.2 Å². The summed E-state index contributed by atoms with van der Waals surface area (Å²) in [5, 5.41) is 0. The fraction of sp³-hybridized carbons (Fsp3) is 1.00. The lowest BCUT2D eigenvalue weighted by Crippen LogP contribution is -2.52. The molecule has 0 spiro atoms. The molecule has 0 unspecified atom stereocenters. The van der Waals surface area contributed by atoms with Crippen LogP contribution in [-0.4, -0.2) is 21.8 Å². The molecule has 0 amide bonds. The Labute approximate surface area is 133 Å². The van der Waals surface area contributed by atoms with E-state index in [2.05, 4.69) is 13.8 Å². The van der Waals surface area contributed by atoms with Crippen LogP contribution in [0.4, 0.5) is 0 Å². The lowest BCUT2D eigenvalue weighted by molar-refractivity contribution is 0.134. The largest absolute Gasteiger partial charge is 0.394 e. The lowest BCUT2D eigenvalue weighted by Gasteiger charge is -2.45. The highest BCUT2D eigenvalue weighted by Gasteiger charge is 2.52. The van der Waals surface area contributed by atoms with Crippen molar-refractivity contribution in [1.82, 2.24) is 0 Å². The standard InChI is InChI=1S/C18H36O2Si/c1-3-15-19-21(20-16-4-2,17-11-7-5-8-12-17)18-13-9-6-10-14-18/h17-18H,3-16H2,1-2H3. The minimum Gasteiger partial charge on any atom is -0.394 e. The van der Waals surface area contributed by atoms with E-state index in [-0.39, 0.29) is 0 Å². The van der Waals surface area contributed by atoms with E-state index in [1.807, 2.05) is 0 Å². The van der Waals surface area contributed by atoms with Gasteiger partial charge in [0.2, 0.25) is 0 Å². The summed E-state index contributed by atoms with van der Waals surface area (Å²) in [6, 6.07) is 0. The topological polar surface area (TPSA) is 18.5 Å². The average molecular weight is 313 g/mol. The van der Waals surface area contributed by atoms with Crippen molar-refractivity contribution in [3.05, 3.63) is 0 Å². The first-order chi connectivity index (χ1) is 10.3. The molecular formula is C18H36O2Si. The van der Waals surface area contributed by atoms with E-state index in [0.29, 0.717) is 0 Å². The molecular weight excluding hydrogens is 276 g/mol. The molecule has 0 aromatic heterocycles. The molecule has 0 heterocycles. The van der Waals surface area contributed by atoms with Gasteiger partial charge in [-0.05, 0) is 38.5 Å². The highest BCUT2D eigenvalue weighted by Crippen LogP contribution is 2.49. The molecule has 2 saturated carbocycles. The normalized spacial score (nSPS) is 22.6. The number of rotatable bonds is 8. The number of hydrogen-bond donors (Lipinski definition) is 0. The molecule has 0 atom stereocenters. The van der Waals surface area contributed by atoms with Gasteiger partial charge in [0.25, 0.3) is 0 Å². The second kappa shape index (κ2) is 9.31. The second-order valence-electron chi connectivity index (χ2n) is 7.09. The SMILES string of the molecule is CCCO[Si](OCCC)(C1CCCCC1)C1CCCCC1. The smallest absolute Gasteiger partial charge is 0.344 e. The Morgan fingerprint density at radius 1 is 0.667 bits per heavy atom. The predicted molar refractivity (Wildman–Crippen MR) is 91.9 cm³/mol. The zero-order valence-corrected chi connectivity index (χ0v) is 15.4. The molecule has 0 aromatic rings. The maximum absolute atomic E-state index is 6.68. The fourth-order valence-corrected chi connectivity index (χ4v) is 9.54. The van der Waals surface area contributed by atoms with Gasteiger partial charge in [0.05, 0.1) is 0 Å². The highest BCUT2D eigenvalue weighted by atomic mass is 28.4. The van der Waals surface area contributed by atoms with Crippen LogP contribution in [0.3, 0.4) is 0 Å². The van der Waals surface area contributed by atoms with Crippen molar-refractivity contribution in [3.63, 3.8) is 0 Å². The molecule has 0 aliphatic heterocycles. The first-order valence-electron chi connectivity index (χ1n) is 9.61. The highest BCUT2D eigenvalue weighted by molar-refractivity contribution is 6.70. The average Bonchev–Trinajstić information content (AvgIpc) is 2.57. The molecule has 2 aliphatic rings. The molecule has 21 heavy (non-hydrogen) atoms. The molecule has 0 saturated heterocycles. The van der Waals surface area contributed by atoms with Gasteiger partial charge >= 0.3 is 8.56 Å². The van der Waals surface area contributed by atoms with E-state index < -0.39 is 8.56 Å². The molecule has 2 rings (SSSR count). The van der Waals surface area contributed by atoms with Crippen LogP contribution in [0.1, 0.15) is 90.9 Å². The quantitative estimate of drug-likeness (QED) is 0.515. The summed E-state index contributed by atoms with van der Waals surface area (Å²) in [7, 11) is -2.04. The van der Waals surface area contributed by atoms with E-state index >= 15 is 0 Å². The molecule has 2 aliphatic carbocycles. The van der Waals surface area contributed by atoms with Crippen molar-refractivity contribution in [3.8, 4) is 0 Å². The van der Waals surface area contributed by atoms with Gasteiger partial charge in [0.1, 0.15) is 0 Å². The van der Waals surface area contributed by atoms with Gasteiger partial charge in [-0.2, -0.15) is 0 Å². The van der Waals surface area contributed by atoms with Crippen LogP contribution >= 0.6 is 0 Å². The zero-order chi connectivity index (χ0) is 15.0. The van der Waals surface area contributed by atoms with E-state index in [1.54, 1.807) is 0 Å². The van der Waals surface area contributed by atoms with E-state index in [9.17, 15) is 0 Å². The molecule has 3 heteroatoms. The minimum absolute atomic E-state index is 0.771. The third-order valence-electron chi connectivity index (χ3n) is 5.41. The van der Waals surface area contributed by atoms with Crippen molar-refractivity contribution in [1.29, 1.82) is 0 Å². The van der Waals surface area contributed by atoms with Gasteiger partial charge in [-0.15, -0.1) is 0 Å². The van der Waals surface area contributed by atoms with Crippen molar-refractivity contribution in [2.75, 3.05) is 13.2 Å². The summed E-state index contributed by atoms with van der Waals surface area (Å²) in [5.74, 6) is 0. The maximum Gasteiger partial charge on any atom is 0.344 e. The molecule has 0 bridgehead atoms. The summed E-state index contributed by atoms with van der Waals surface area (Å²) in [5.41, 5.74) is 1.54. The summed E-state index contributed by atoms with van der Waals surface area (Å²) in [6.07, 6.45) is 16.2. The Morgan fingerprint density at radius 3 is 1.38 bits per heavy atom. The molecule has 0 radical (unpaired) electrons. The van der Waals surface area contributed by atoms with Gasteiger partial charge in [0, 0.05) is 24.3 Å². The van der Waals surface area contributed by atoms with E-state index in [0.717, 1.165) is 37.1 Å². The molecule has 2 nitrogen and oxygen atoms in total. The Bertz CT molecular complexity index is 242.